The van der Waals surface area contributed by atoms with Crippen LogP contribution >= 0.6 is 0 Å². The fraction of sp³-hybridized carbons (Fsp3) is 0.500. The van der Waals surface area contributed by atoms with Gasteiger partial charge in [-0.05, 0) is 44.6 Å². The van der Waals surface area contributed by atoms with Gasteiger partial charge < -0.3 is 15.7 Å². The lowest BCUT2D eigenvalue weighted by Crippen LogP contribution is -2.39. The van der Waals surface area contributed by atoms with Crippen molar-refractivity contribution in [3.05, 3.63) is 47.8 Å². The summed E-state index contributed by atoms with van der Waals surface area (Å²) < 4.78 is 2.03. The summed E-state index contributed by atoms with van der Waals surface area (Å²) in [6, 6.07) is 9.48. The van der Waals surface area contributed by atoms with Crippen LogP contribution < -0.4 is 10.6 Å². The van der Waals surface area contributed by atoms with Crippen molar-refractivity contribution in [2.24, 2.45) is 0 Å². The number of carbonyl (C=O) groups is 2. The van der Waals surface area contributed by atoms with Gasteiger partial charge in [0.05, 0.1) is 17.6 Å². The van der Waals surface area contributed by atoms with E-state index in [4.69, 9.17) is 5.11 Å². The van der Waals surface area contributed by atoms with Crippen molar-refractivity contribution in [1.82, 2.24) is 15.1 Å². The van der Waals surface area contributed by atoms with Gasteiger partial charge in [-0.25, -0.2) is 4.79 Å². The Kier molecular flexibility index (Phi) is 6.90. The minimum Gasteiger partial charge on any atom is -0.481 e. The molecular formula is C22H30N4O3. The van der Waals surface area contributed by atoms with Gasteiger partial charge in [-0.2, -0.15) is 5.10 Å². The summed E-state index contributed by atoms with van der Waals surface area (Å²) in [4.78, 5) is 23.7. The number of aromatic nitrogens is 2. The number of carbonyl (C=O) groups excluding carboxylic acids is 1. The molecule has 7 nitrogen and oxygen atoms in total. The quantitative estimate of drug-likeness (QED) is 0.555. The van der Waals surface area contributed by atoms with E-state index in [-0.39, 0.29) is 24.5 Å². The Morgan fingerprint density at radius 1 is 1.28 bits per heavy atom. The zero-order valence-electron chi connectivity index (χ0n) is 17.1. The molecule has 0 bridgehead atoms. The molecule has 29 heavy (non-hydrogen) atoms. The molecule has 2 unspecified atom stereocenters. The number of amides is 2. The van der Waals surface area contributed by atoms with Crippen LogP contribution in [0.1, 0.15) is 69.2 Å². The van der Waals surface area contributed by atoms with Gasteiger partial charge in [-0.15, -0.1) is 0 Å². The molecule has 1 saturated carbocycles. The number of aliphatic carboxylic acids is 1. The first-order valence-corrected chi connectivity index (χ1v) is 10.4. The van der Waals surface area contributed by atoms with Crippen LogP contribution in [0.3, 0.4) is 0 Å². The van der Waals surface area contributed by atoms with Gasteiger partial charge in [0, 0.05) is 24.4 Å². The van der Waals surface area contributed by atoms with E-state index in [0.717, 1.165) is 36.2 Å². The van der Waals surface area contributed by atoms with Gasteiger partial charge in [0.1, 0.15) is 0 Å². The maximum Gasteiger partial charge on any atom is 0.319 e. The second kappa shape index (κ2) is 9.58. The topological polar surface area (TPSA) is 96.3 Å². The standard InChI is InChI=1S/C22H30N4O3/c1-3-15(2)26-21(17-9-10-17)19(14-23-26)25-22(29)24-18(11-12-20(27)28)13-16-7-5-4-6-8-16/h4-8,14-15,17-18H,3,9-13H2,1-2H3,(H,27,28)(H2,24,25,29). The lowest BCUT2D eigenvalue weighted by atomic mass is 10.0. The largest absolute Gasteiger partial charge is 0.481 e. The summed E-state index contributed by atoms with van der Waals surface area (Å²) in [6.45, 7) is 4.25. The molecule has 0 radical (unpaired) electrons. The van der Waals surface area contributed by atoms with Crippen molar-refractivity contribution in [1.29, 1.82) is 0 Å². The maximum absolute atomic E-state index is 12.7. The summed E-state index contributed by atoms with van der Waals surface area (Å²) in [6.07, 6.45) is 5.91. The van der Waals surface area contributed by atoms with E-state index in [9.17, 15) is 9.59 Å². The SMILES string of the molecule is CCC(C)n1ncc(NC(=O)NC(CCC(=O)O)Cc2ccccc2)c1C1CC1. The summed E-state index contributed by atoms with van der Waals surface area (Å²) in [5, 5.41) is 19.5. The second-order valence-corrected chi connectivity index (χ2v) is 7.84. The van der Waals surface area contributed by atoms with Crippen LogP contribution in [0, 0.1) is 0 Å². The number of nitrogens with zero attached hydrogens (tertiary/aromatic N) is 2. The van der Waals surface area contributed by atoms with Gasteiger partial charge >= 0.3 is 12.0 Å². The van der Waals surface area contributed by atoms with Gasteiger partial charge in [-0.1, -0.05) is 37.3 Å². The number of hydrogen-bond donors (Lipinski definition) is 3. The molecule has 1 aromatic carbocycles. The number of urea groups is 1. The normalized spacial score (nSPS) is 15.5. The van der Waals surface area contributed by atoms with E-state index in [1.165, 1.54) is 0 Å². The van der Waals surface area contributed by atoms with E-state index in [0.29, 0.717) is 18.8 Å². The van der Waals surface area contributed by atoms with Crippen LogP contribution in [0.15, 0.2) is 36.5 Å². The number of carboxylic acid groups (broad SMARTS) is 1. The molecule has 2 aromatic rings. The van der Waals surface area contributed by atoms with Crippen molar-refractivity contribution in [3.63, 3.8) is 0 Å². The van der Waals surface area contributed by atoms with Crippen LogP contribution in [-0.4, -0.2) is 32.9 Å². The Morgan fingerprint density at radius 2 is 2.00 bits per heavy atom. The predicted octanol–water partition coefficient (Wildman–Crippen LogP) is 4.33. The van der Waals surface area contributed by atoms with E-state index in [1.807, 2.05) is 35.0 Å². The van der Waals surface area contributed by atoms with Gasteiger partial charge in [0.2, 0.25) is 0 Å². The molecule has 0 saturated heterocycles. The molecule has 156 valence electrons. The highest BCUT2D eigenvalue weighted by Gasteiger charge is 2.32. The van der Waals surface area contributed by atoms with Gasteiger partial charge in [-0.3, -0.25) is 9.48 Å². The molecule has 7 heteroatoms. The molecule has 1 fully saturated rings. The highest BCUT2D eigenvalue weighted by Crippen LogP contribution is 2.44. The summed E-state index contributed by atoms with van der Waals surface area (Å²) in [5.41, 5.74) is 2.91. The molecule has 0 spiro atoms. The average molecular weight is 399 g/mol. The molecular weight excluding hydrogens is 368 g/mol. The number of carboxylic acids is 1. The van der Waals surface area contributed by atoms with Gasteiger partial charge in [0.15, 0.2) is 0 Å². The molecule has 3 N–H and O–H groups in total. The number of rotatable bonds is 10. The smallest absolute Gasteiger partial charge is 0.319 e. The van der Waals surface area contributed by atoms with Crippen LogP contribution in [-0.2, 0) is 11.2 Å². The summed E-state index contributed by atoms with van der Waals surface area (Å²) in [5.74, 6) is -0.412. The molecule has 1 aromatic heterocycles. The zero-order valence-corrected chi connectivity index (χ0v) is 17.1. The van der Waals surface area contributed by atoms with Crippen LogP contribution in [0.5, 0.6) is 0 Å². The Hall–Kier alpha value is -2.83. The number of hydrogen-bond acceptors (Lipinski definition) is 3. The molecule has 1 aliphatic rings. The first-order valence-electron chi connectivity index (χ1n) is 10.4. The minimum absolute atomic E-state index is 0.0110. The van der Waals surface area contributed by atoms with E-state index < -0.39 is 5.97 Å². The van der Waals surface area contributed by atoms with Gasteiger partial charge in [0.25, 0.3) is 0 Å². The number of benzene rings is 1. The predicted molar refractivity (Wildman–Crippen MR) is 112 cm³/mol. The fourth-order valence-electron chi connectivity index (χ4n) is 3.52. The molecule has 2 atom stereocenters. The number of anilines is 1. The average Bonchev–Trinajstić information content (AvgIpc) is 3.46. The Labute approximate surface area is 171 Å². The lowest BCUT2D eigenvalue weighted by Gasteiger charge is -2.19. The first-order chi connectivity index (χ1) is 14.0. The third kappa shape index (κ3) is 5.82. The number of nitrogens with one attached hydrogen (secondary N) is 2. The minimum atomic E-state index is -0.865. The fourth-order valence-corrected chi connectivity index (χ4v) is 3.52. The third-order valence-electron chi connectivity index (χ3n) is 5.42. The Bertz CT molecular complexity index is 830. The molecule has 1 aliphatic carbocycles. The summed E-state index contributed by atoms with van der Waals surface area (Å²) in [7, 11) is 0. The van der Waals surface area contributed by atoms with Crippen LogP contribution in [0.2, 0.25) is 0 Å². The van der Waals surface area contributed by atoms with Crippen molar-refractivity contribution >= 4 is 17.7 Å². The van der Waals surface area contributed by atoms with Crippen molar-refractivity contribution < 1.29 is 14.7 Å². The van der Waals surface area contributed by atoms with Crippen molar-refractivity contribution in [3.8, 4) is 0 Å². The van der Waals surface area contributed by atoms with E-state index >= 15 is 0 Å². The second-order valence-electron chi connectivity index (χ2n) is 7.84. The third-order valence-corrected chi connectivity index (χ3v) is 5.42. The Morgan fingerprint density at radius 3 is 2.62 bits per heavy atom. The van der Waals surface area contributed by atoms with E-state index in [1.54, 1.807) is 6.20 Å². The van der Waals surface area contributed by atoms with Crippen molar-refractivity contribution in [2.75, 3.05) is 5.32 Å². The maximum atomic E-state index is 12.7. The monoisotopic (exact) mass is 398 g/mol. The molecule has 0 aliphatic heterocycles. The zero-order chi connectivity index (χ0) is 20.8. The van der Waals surface area contributed by atoms with Crippen LogP contribution in [0.25, 0.3) is 0 Å². The lowest BCUT2D eigenvalue weighted by molar-refractivity contribution is -0.137. The van der Waals surface area contributed by atoms with Crippen molar-refractivity contribution in [2.45, 2.75) is 70.4 Å². The first kappa shape index (κ1) is 20.9. The highest BCUT2D eigenvalue weighted by molar-refractivity contribution is 5.90. The molecule has 2 amide bonds. The van der Waals surface area contributed by atoms with Crippen LogP contribution in [0.4, 0.5) is 10.5 Å². The molecule has 3 rings (SSSR count). The van der Waals surface area contributed by atoms with E-state index in [2.05, 4.69) is 29.6 Å². The Balaban J connectivity index is 1.68. The highest BCUT2D eigenvalue weighted by atomic mass is 16.4. The molecule has 1 heterocycles. The summed E-state index contributed by atoms with van der Waals surface area (Å²) >= 11 is 0.